The summed E-state index contributed by atoms with van der Waals surface area (Å²) >= 11 is 9.42. The molecule has 3 aromatic rings. The SMILES string of the molecule is O=C(NCCCn1ccc2ccccc21)c1cc(Br)ccc1Cl. The maximum Gasteiger partial charge on any atom is 0.252 e. The fraction of sp³-hybridized carbons (Fsp3) is 0.167. The van der Waals surface area contributed by atoms with E-state index in [4.69, 9.17) is 11.6 Å². The van der Waals surface area contributed by atoms with Crippen LogP contribution in [0.1, 0.15) is 16.8 Å². The predicted molar refractivity (Wildman–Crippen MR) is 98.0 cm³/mol. The summed E-state index contributed by atoms with van der Waals surface area (Å²) in [4.78, 5) is 12.2. The molecule has 0 bridgehead atoms. The van der Waals surface area contributed by atoms with E-state index in [0.29, 0.717) is 17.1 Å². The fourth-order valence-corrected chi connectivity index (χ4v) is 3.12. The van der Waals surface area contributed by atoms with Gasteiger partial charge in [0.25, 0.3) is 5.91 Å². The zero-order valence-corrected chi connectivity index (χ0v) is 14.8. The highest BCUT2D eigenvalue weighted by Gasteiger charge is 2.10. The standard InChI is InChI=1S/C18H16BrClN2O/c19-14-6-7-16(20)15(12-14)18(23)21-9-3-10-22-11-8-13-4-1-2-5-17(13)22/h1-2,4-8,11-12H,3,9-10H2,(H,21,23). The maximum atomic E-state index is 12.2. The Morgan fingerprint density at radius 3 is 2.87 bits per heavy atom. The van der Waals surface area contributed by atoms with Gasteiger partial charge in [-0.1, -0.05) is 45.7 Å². The van der Waals surface area contributed by atoms with E-state index in [-0.39, 0.29) is 5.91 Å². The molecule has 0 aliphatic heterocycles. The Balaban J connectivity index is 1.55. The summed E-state index contributed by atoms with van der Waals surface area (Å²) in [7, 11) is 0. The van der Waals surface area contributed by atoms with E-state index < -0.39 is 0 Å². The lowest BCUT2D eigenvalue weighted by molar-refractivity contribution is 0.0953. The number of nitrogens with one attached hydrogen (secondary N) is 1. The molecule has 118 valence electrons. The van der Waals surface area contributed by atoms with Crippen molar-refractivity contribution in [2.75, 3.05) is 6.54 Å². The molecule has 0 atom stereocenters. The average molecular weight is 392 g/mol. The highest BCUT2D eigenvalue weighted by molar-refractivity contribution is 9.10. The van der Waals surface area contributed by atoms with Gasteiger partial charge in [-0.25, -0.2) is 0 Å². The van der Waals surface area contributed by atoms with Crippen LogP contribution in [0.15, 0.2) is 59.2 Å². The Bertz CT molecular complexity index is 844. The first-order valence-electron chi connectivity index (χ1n) is 7.42. The maximum absolute atomic E-state index is 12.2. The van der Waals surface area contributed by atoms with Gasteiger partial charge < -0.3 is 9.88 Å². The molecule has 1 N–H and O–H groups in total. The minimum Gasteiger partial charge on any atom is -0.352 e. The normalized spacial score (nSPS) is 10.9. The summed E-state index contributed by atoms with van der Waals surface area (Å²) in [5.74, 6) is -0.145. The average Bonchev–Trinajstić information content (AvgIpc) is 2.97. The van der Waals surface area contributed by atoms with Crippen LogP contribution >= 0.6 is 27.5 Å². The van der Waals surface area contributed by atoms with Gasteiger partial charge in [-0.15, -0.1) is 0 Å². The van der Waals surface area contributed by atoms with E-state index >= 15 is 0 Å². The van der Waals surface area contributed by atoms with Crippen LogP contribution in [0.3, 0.4) is 0 Å². The molecule has 23 heavy (non-hydrogen) atoms. The molecule has 0 aliphatic carbocycles. The Morgan fingerprint density at radius 1 is 1.17 bits per heavy atom. The minimum absolute atomic E-state index is 0.145. The van der Waals surface area contributed by atoms with Crippen molar-refractivity contribution in [2.24, 2.45) is 0 Å². The Hall–Kier alpha value is -1.78. The van der Waals surface area contributed by atoms with Crippen LogP contribution < -0.4 is 5.32 Å². The van der Waals surface area contributed by atoms with E-state index in [9.17, 15) is 4.79 Å². The third-order valence-corrected chi connectivity index (χ3v) is 4.54. The van der Waals surface area contributed by atoms with Crippen molar-refractivity contribution in [1.29, 1.82) is 0 Å². The largest absolute Gasteiger partial charge is 0.352 e. The van der Waals surface area contributed by atoms with Crippen LogP contribution in [0.2, 0.25) is 5.02 Å². The number of hydrogen-bond acceptors (Lipinski definition) is 1. The number of halogens is 2. The molecule has 3 nitrogen and oxygen atoms in total. The van der Waals surface area contributed by atoms with Crippen molar-refractivity contribution in [1.82, 2.24) is 9.88 Å². The number of aryl methyl sites for hydroxylation is 1. The number of para-hydroxylation sites is 1. The highest BCUT2D eigenvalue weighted by Crippen LogP contribution is 2.21. The summed E-state index contributed by atoms with van der Waals surface area (Å²) < 4.78 is 3.04. The number of fused-ring (bicyclic) bond motifs is 1. The Kier molecular flexibility index (Phi) is 5.03. The number of rotatable bonds is 5. The van der Waals surface area contributed by atoms with Gasteiger partial charge >= 0.3 is 0 Å². The van der Waals surface area contributed by atoms with Gasteiger partial charge in [0.1, 0.15) is 0 Å². The van der Waals surface area contributed by atoms with E-state index in [2.05, 4.69) is 50.2 Å². The van der Waals surface area contributed by atoms with Crippen LogP contribution in [0.25, 0.3) is 10.9 Å². The molecule has 1 amide bonds. The molecule has 0 saturated carbocycles. The first-order valence-corrected chi connectivity index (χ1v) is 8.59. The summed E-state index contributed by atoms with van der Waals surface area (Å²) in [6.45, 7) is 1.47. The van der Waals surface area contributed by atoms with Crippen LogP contribution in [-0.4, -0.2) is 17.0 Å². The quantitative estimate of drug-likeness (QED) is 0.618. The molecule has 5 heteroatoms. The molecule has 3 rings (SSSR count). The molecule has 2 aromatic carbocycles. The zero-order chi connectivity index (χ0) is 16.2. The van der Waals surface area contributed by atoms with Crippen molar-refractivity contribution in [3.63, 3.8) is 0 Å². The zero-order valence-electron chi connectivity index (χ0n) is 12.4. The van der Waals surface area contributed by atoms with E-state index in [1.54, 1.807) is 12.1 Å². The lowest BCUT2D eigenvalue weighted by atomic mass is 10.2. The minimum atomic E-state index is -0.145. The monoisotopic (exact) mass is 390 g/mol. The summed E-state index contributed by atoms with van der Waals surface area (Å²) in [6.07, 6.45) is 2.94. The molecule has 0 aliphatic rings. The number of carbonyl (C=O) groups excluding carboxylic acids is 1. The molecule has 0 unspecified atom stereocenters. The lowest BCUT2D eigenvalue weighted by Crippen LogP contribution is -2.25. The number of nitrogens with zero attached hydrogens (tertiary/aromatic N) is 1. The van der Waals surface area contributed by atoms with Gasteiger partial charge in [0.2, 0.25) is 0 Å². The van der Waals surface area contributed by atoms with Crippen LogP contribution in [-0.2, 0) is 6.54 Å². The van der Waals surface area contributed by atoms with Gasteiger partial charge in [-0.3, -0.25) is 4.79 Å². The van der Waals surface area contributed by atoms with Crippen molar-refractivity contribution in [3.8, 4) is 0 Å². The second-order valence-corrected chi connectivity index (χ2v) is 6.62. The van der Waals surface area contributed by atoms with Gasteiger partial charge in [-0.05, 0) is 42.1 Å². The smallest absolute Gasteiger partial charge is 0.252 e. The number of amides is 1. The van der Waals surface area contributed by atoms with Crippen molar-refractivity contribution < 1.29 is 4.79 Å². The Labute approximate surface area is 148 Å². The molecule has 1 aromatic heterocycles. The van der Waals surface area contributed by atoms with Gasteiger partial charge in [0.15, 0.2) is 0 Å². The number of hydrogen-bond donors (Lipinski definition) is 1. The third kappa shape index (κ3) is 3.77. The highest BCUT2D eigenvalue weighted by atomic mass is 79.9. The van der Waals surface area contributed by atoms with Crippen LogP contribution in [0.5, 0.6) is 0 Å². The second-order valence-electron chi connectivity index (χ2n) is 5.30. The van der Waals surface area contributed by atoms with E-state index in [1.165, 1.54) is 10.9 Å². The van der Waals surface area contributed by atoms with Crippen molar-refractivity contribution in [2.45, 2.75) is 13.0 Å². The number of benzene rings is 2. The van der Waals surface area contributed by atoms with Crippen molar-refractivity contribution >= 4 is 44.3 Å². The van der Waals surface area contributed by atoms with E-state index in [0.717, 1.165) is 17.4 Å². The first kappa shape index (κ1) is 16.1. The molecule has 0 fully saturated rings. The topological polar surface area (TPSA) is 34.0 Å². The van der Waals surface area contributed by atoms with Crippen LogP contribution in [0, 0.1) is 0 Å². The Morgan fingerprint density at radius 2 is 2.00 bits per heavy atom. The van der Waals surface area contributed by atoms with Gasteiger partial charge in [0, 0.05) is 29.3 Å². The molecular weight excluding hydrogens is 376 g/mol. The van der Waals surface area contributed by atoms with Crippen LogP contribution in [0.4, 0.5) is 0 Å². The molecule has 0 radical (unpaired) electrons. The molecular formula is C18H16BrClN2O. The molecule has 0 saturated heterocycles. The summed E-state index contributed by atoms with van der Waals surface area (Å²) in [5, 5.41) is 4.61. The summed E-state index contributed by atoms with van der Waals surface area (Å²) in [5.41, 5.74) is 1.71. The first-order chi connectivity index (χ1) is 11.1. The van der Waals surface area contributed by atoms with Gasteiger partial charge in [0.05, 0.1) is 10.6 Å². The number of aromatic nitrogens is 1. The third-order valence-electron chi connectivity index (χ3n) is 3.71. The molecule has 0 spiro atoms. The fourth-order valence-electron chi connectivity index (χ4n) is 2.55. The lowest BCUT2D eigenvalue weighted by Gasteiger charge is -2.08. The van der Waals surface area contributed by atoms with E-state index in [1.807, 2.05) is 18.2 Å². The summed E-state index contributed by atoms with van der Waals surface area (Å²) in [6, 6.07) is 15.7. The predicted octanol–water partition coefficient (Wildman–Crippen LogP) is 4.88. The number of carbonyl (C=O) groups is 1. The van der Waals surface area contributed by atoms with Crippen molar-refractivity contribution in [3.05, 3.63) is 69.8 Å². The second kappa shape index (κ2) is 7.20. The molecule has 1 heterocycles. The van der Waals surface area contributed by atoms with Gasteiger partial charge in [-0.2, -0.15) is 0 Å².